The number of anilines is 1. The Bertz CT molecular complexity index is 750. The van der Waals surface area contributed by atoms with E-state index in [0.717, 1.165) is 5.56 Å². The van der Waals surface area contributed by atoms with Crippen LogP contribution in [-0.4, -0.2) is 26.2 Å². The van der Waals surface area contributed by atoms with Crippen molar-refractivity contribution in [3.63, 3.8) is 0 Å². The summed E-state index contributed by atoms with van der Waals surface area (Å²) in [5.74, 6) is 0.0447. The van der Waals surface area contributed by atoms with Gasteiger partial charge in [0.1, 0.15) is 5.75 Å². The number of amides is 1. The molecule has 0 aliphatic heterocycles. The largest absolute Gasteiger partial charge is 0.495 e. The molecule has 25 heavy (non-hydrogen) atoms. The van der Waals surface area contributed by atoms with E-state index in [1.165, 1.54) is 25.3 Å². The van der Waals surface area contributed by atoms with Gasteiger partial charge in [0.25, 0.3) is 5.91 Å². The maximum atomic E-state index is 12.5. The number of rotatable bonds is 7. The predicted molar refractivity (Wildman–Crippen MR) is 89.9 cm³/mol. The van der Waals surface area contributed by atoms with Gasteiger partial charge in [0.2, 0.25) is 0 Å². The van der Waals surface area contributed by atoms with Crippen molar-refractivity contribution < 1.29 is 27.8 Å². The molecule has 0 radical (unpaired) electrons. The lowest BCUT2D eigenvalue weighted by atomic mass is 10.1. The second-order valence-electron chi connectivity index (χ2n) is 5.13. The Balaban J connectivity index is 2.27. The van der Waals surface area contributed by atoms with Gasteiger partial charge in [-0.15, -0.1) is 0 Å². The number of carbonyl (C=O) groups excluding carboxylic acids is 1. The third kappa shape index (κ3) is 4.82. The number of ether oxygens (including phenoxy) is 3. The molecule has 0 unspecified atom stereocenters. The van der Waals surface area contributed by atoms with Crippen molar-refractivity contribution in [2.45, 2.75) is 20.5 Å². The lowest BCUT2D eigenvalue weighted by Gasteiger charge is -2.14. The summed E-state index contributed by atoms with van der Waals surface area (Å²) < 4.78 is 39.8. The Morgan fingerprint density at radius 2 is 1.84 bits per heavy atom. The molecule has 5 nitrogen and oxygen atoms in total. The van der Waals surface area contributed by atoms with Crippen LogP contribution in [0, 0.1) is 6.92 Å². The Hall–Kier alpha value is -2.83. The van der Waals surface area contributed by atoms with E-state index in [-0.39, 0.29) is 23.7 Å². The van der Waals surface area contributed by atoms with Crippen LogP contribution < -0.4 is 19.5 Å². The third-order valence-electron chi connectivity index (χ3n) is 3.32. The highest BCUT2D eigenvalue weighted by atomic mass is 19.3. The highest BCUT2D eigenvalue weighted by Gasteiger charge is 2.16. The van der Waals surface area contributed by atoms with Crippen molar-refractivity contribution in [1.82, 2.24) is 0 Å². The van der Waals surface area contributed by atoms with Gasteiger partial charge in [-0.3, -0.25) is 4.79 Å². The van der Waals surface area contributed by atoms with E-state index >= 15 is 0 Å². The van der Waals surface area contributed by atoms with Gasteiger partial charge in [0.05, 0.1) is 19.4 Å². The summed E-state index contributed by atoms with van der Waals surface area (Å²) in [5, 5.41) is 2.74. The SMILES string of the molecule is CCOc1cc(C(=O)Nc2cc(C)ccc2OC)ccc1OC(F)F. The molecule has 0 bridgehead atoms. The topological polar surface area (TPSA) is 56.8 Å². The molecule has 134 valence electrons. The van der Waals surface area contributed by atoms with Crippen LogP contribution in [0.25, 0.3) is 0 Å². The first-order chi connectivity index (χ1) is 11.9. The van der Waals surface area contributed by atoms with E-state index in [4.69, 9.17) is 9.47 Å². The van der Waals surface area contributed by atoms with Gasteiger partial charge in [-0.1, -0.05) is 6.07 Å². The minimum atomic E-state index is -2.98. The van der Waals surface area contributed by atoms with Crippen LogP contribution in [0.3, 0.4) is 0 Å². The van der Waals surface area contributed by atoms with Crippen molar-refractivity contribution in [2.75, 3.05) is 19.0 Å². The van der Waals surface area contributed by atoms with Gasteiger partial charge in [-0.05, 0) is 49.7 Å². The zero-order valence-electron chi connectivity index (χ0n) is 14.1. The standard InChI is InChI=1S/C18H19F2NO4/c1-4-24-16-10-12(6-8-15(16)25-18(19)20)17(22)21-13-9-11(2)5-7-14(13)23-3/h5-10,18H,4H2,1-3H3,(H,21,22). The summed E-state index contributed by atoms with van der Waals surface area (Å²) in [6.45, 7) is 0.862. The molecule has 0 heterocycles. The maximum Gasteiger partial charge on any atom is 0.387 e. The molecular formula is C18H19F2NO4. The predicted octanol–water partition coefficient (Wildman–Crippen LogP) is 4.26. The molecule has 0 atom stereocenters. The van der Waals surface area contributed by atoms with Crippen LogP contribution in [0.2, 0.25) is 0 Å². The molecule has 0 aliphatic carbocycles. The molecule has 7 heteroatoms. The van der Waals surface area contributed by atoms with Crippen molar-refractivity contribution in [2.24, 2.45) is 0 Å². The van der Waals surface area contributed by atoms with Gasteiger partial charge in [-0.2, -0.15) is 8.78 Å². The second kappa shape index (κ2) is 8.32. The van der Waals surface area contributed by atoms with E-state index in [1.807, 2.05) is 13.0 Å². The highest BCUT2D eigenvalue weighted by molar-refractivity contribution is 6.05. The average Bonchev–Trinajstić information content (AvgIpc) is 2.56. The smallest absolute Gasteiger partial charge is 0.387 e. The minimum Gasteiger partial charge on any atom is -0.495 e. The summed E-state index contributed by atoms with van der Waals surface area (Å²) in [7, 11) is 1.50. The number of carbonyl (C=O) groups is 1. The summed E-state index contributed by atoms with van der Waals surface area (Å²) in [6.07, 6.45) is 0. The van der Waals surface area contributed by atoms with Crippen LogP contribution in [0.15, 0.2) is 36.4 Å². The van der Waals surface area contributed by atoms with Gasteiger partial charge >= 0.3 is 6.61 Å². The van der Waals surface area contributed by atoms with Gasteiger partial charge in [-0.25, -0.2) is 0 Å². The Morgan fingerprint density at radius 3 is 2.48 bits per heavy atom. The van der Waals surface area contributed by atoms with E-state index in [2.05, 4.69) is 10.1 Å². The average molecular weight is 351 g/mol. The molecule has 2 aromatic rings. The highest BCUT2D eigenvalue weighted by Crippen LogP contribution is 2.31. The van der Waals surface area contributed by atoms with Crippen molar-refractivity contribution in [3.8, 4) is 17.2 Å². The quantitative estimate of drug-likeness (QED) is 0.810. The molecule has 1 amide bonds. The Morgan fingerprint density at radius 1 is 1.12 bits per heavy atom. The van der Waals surface area contributed by atoms with Gasteiger partial charge < -0.3 is 19.5 Å². The van der Waals surface area contributed by atoms with Crippen LogP contribution in [-0.2, 0) is 0 Å². The van der Waals surface area contributed by atoms with Gasteiger partial charge in [0, 0.05) is 5.56 Å². The van der Waals surface area contributed by atoms with Crippen LogP contribution in [0.1, 0.15) is 22.8 Å². The number of hydrogen-bond acceptors (Lipinski definition) is 4. The third-order valence-corrected chi connectivity index (χ3v) is 3.32. The molecule has 1 N–H and O–H groups in total. The number of nitrogens with one attached hydrogen (secondary N) is 1. The second-order valence-corrected chi connectivity index (χ2v) is 5.13. The summed E-state index contributed by atoms with van der Waals surface area (Å²) in [6, 6.07) is 9.40. The van der Waals surface area contributed by atoms with Crippen molar-refractivity contribution in [3.05, 3.63) is 47.5 Å². The molecule has 0 saturated heterocycles. The van der Waals surface area contributed by atoms with Crippen LogP contribution in [0.4, 0.5) is 14.5 Å². The molecule has 0 spiro atoms. The number of hydrogen-bond donors (Lipinski definition) is 1. The fraction of sp³-hybridized carbons (Fsp3) is 0.278. The fourth-order valence-corrected chi connectivity index (χ4v) is 2.22. The molecule has 0 aliphatic rings. The van der Waals surface area contributed by atoms with Crippen LogP contribution >= 0.6 is 0 Å². The lowest BCUT2D eigenvalue weighted by Crippen LogP contribution is -2.13. The Labute approximate surface area is 144 Å². The number of methoxy groups -OCH3 is 1. The number of alkyl halides is 2. The molecule has 2 aromatic carbocycles. The zero-order valence-corrected chi connectivity index (χ0v) is 14.1. The first kappa shape index (κ1) is 18.5. The molecular weight excluding hydrogens is 332 g/mol. The summed E-state index contributed by atoms with van der Waals surface area (Å²) in [5.41, 5.74) is 1.71. The molecule has 0 saturated carbocycles. The fourth-order valence-electron chi connectivity index (χ4n) is 2.22. The van der Waals surface area contributed by atoms with E-state index in [1.54, 1.807) is 19.1 Å². The maximum absolute atomic E-state index is 12.5. The summed E-state index contributed by atoms with van der Waals surface area (Å²) >= 11 is 0. The number of aryl methyl sites for hydroxylation is 1. The molecule has 0 aromatic heterocycles. The minimum absolute atomic E-state index is 0.0756. The van der Waals surface area contributed by atoms with Gasteiger partial charge in [0.15, 0.2) is 11.5 Å². The first-order valence-electron chi connectivity index (χ1n) is 7.62. The molecule has 2 rings (SSSR count). The van der Waals surface area contributed by atoms with E-state index in [9.17, 15) is 13.6 Å². The van der Waals surface area contributed by atoms with Crippen molar-refractivity contribution >= 4 is 11.6 Å². The van der Waals surface area contributed by atoms with Crippen LogP contribution in [0.5, 0.6) is 17.2 Å². The molecule has 0 fully saturated rings. The zero-order chi connectivity index (χ0) is 18.4. The number of benzene rings is 2. The number of halogens is 2. The lowest BCUT2D eigenvalue weighted by molar-refractivity contribution is -0.0514. The summed E-state index contributed by atoms with van der Waals surface area (Å²) in [4.78, 5) is 12.5. The van der Waals surface area contributed by atoms with E-state index < -0.39 is 12.5 Å². The Kier molecular flexibility index (Phi) is 6.16. The monoisotopic (exact) mass is 351 g/mol. The van der Waals surface area contributed by atoms with Crippen molar-refractivity contribution in [1.29, 1.82) is 0 Å². The van der Waals surface area contributed by atoms with E-state index in [0.29, 0.717) is 11.4 Å². The first-order valence-corrected chi connectivity index (χ1v) is 7.62. The normalized spacial score (nSPS) is 10.5.